The van der Waals surface area contributed by atoms with E-state index in [0.717, 1.165) is 36.5 Å². The van der Waals surface area contributed by atoms with Crippen LogP contribution in [-0.4, -0.2) is 40.2 Å². The molecular formula is C20H20FN5O. The Hall–Kier alpha value is -3.22. The van der Waals surface area contributed by atoms with E-state index in [1.807, 2.05) is 6.07 Å². The Bertz CT molecular complexity index is 910. The number of amides is 1. The van der Waals surface area contributed by atoms with E-state index in [2.05, 4.69) is 25.4 Å². The molecule has 1 amide bonds. The summed E-state index contributed by atoms with van der Waals surface area (Å²) in [5.41, 5.74) is 2.14. The van der Waals surface area contributed by atoms with Crippen LogP contribution in [0.15, 0.2) is 54.7 Å². The molecule has 1 fully saturated rings. The Balaban J connectivity index is 1.42. The van der Waals surface area contributed by atoms with Crippen molar-refractivity contribution in [1.82, 2.24) is 20.5 Å². The second-order valence-corrected chi connectivity index (χ2v) is 6.62. The smallest absolute Gasteiger partial charge is 0.270 e. The number of hydrogen-bond donors (Lipinski definition) is 2. The average molecular weight is 365 g/mol. The molecule has 1 aliphatic rings. The van der Waals surface area contributed by atoms with Crippen molar-refractivity contribution in [2.24, 2.45) is 0 Å². The minimum absolute atomic E-state index is 0.0410. The molecule has 6 nitrogen and oxygen atoms in total. The molecular weight excluding hydrogens is 345 g/mol. The van der Waals surface area contributed by atoms with Crippen LogP contribution in [0.4, 0.5) is 10.2 Å². The minimum Gasteiger partial charge on any atom is -0.353 e. The van der Waals surface area contributed by atoms with Crippen molar-refractivity contribution in [3.63, 3.8) is 0 Å². The van der Waals surface area contributed by atoms with Crippen LogP contribution in [0.5, 0.6) is 0 Å². The summed E-state index contributed by atoms with van der Waals surface area (Å²) in [6, 6.07) is 13.6. The van der Waals surface area contributed by atoms with Gasteiger partial charge in [-0.1, -0.05) is 6.07 Å². The summed E-state index contributed by atoms with van der Waals surface area (Å²) in [4.78, 5) is 18.6. The zero-order valence-corrected chi connectivity index (χ0v) is 14.7. The van der Waals surface area contributed by atoms with E-state index in [0.29, 0.717) is 12.2 Å². The molecule has 1 atom stereocenters. The van der Waals surface area contributed by atoms with Gasteiger partial charge >= 0.3 is 0 Å². The first-order valence-electron chi connectivity index (χ1n) is 8.97. The first-order valence-corrected chi connectivity index (χ1v) is 8.97. The summed E-state index contributed by atoms with van der Waals surface area (Å²) < 4.78 is 13.1. The van der Waals surface area contributed by atoms with Crippen LogP contribution in [0, 0.1) is 5.82 Å². The largest absolute Gasteiger partial charge is 0.353 e. The SMILES string of the molecule is O=C(N[C@H]1CCCN(c2cc(-c3ccc(F)cc3)[nH]n2)C1)c1ccccn1. The number of H-pyrrole nitrogens is 1. The quantitative estimate of drug-likeness (QED) is 0.745. The maximum atomic E-state index is 13.1. The number of pyridine rings is 1. The van der Waals surface area contributed by atoms with Crippen molar-refractivity contribution in [3.05, 3.63) is 66.2 Å². The van der Waals surface area contributed by atoms with Gasteiger partial charge in [0.05, 0.1) is 5.69 Å². The zero-order valence-electron chi connectivity index (χ0n) is 14.7. The lowest BCUT2D eigenvalue weighted by Crippen LogP contribution is -2.48. The van der Waals surface area contributed by atoms with Gasteiger partial charge in [-0.05, 0) is 54.8 Å². The van der Waals surface area contributed by atoms with E-state index in [4.69, 9.17) is 0 Å². The third-order valence-corrected chi connectivity index (χ3v) is 4.70. The maximum Gasteiger partial charge on any atom is 0.270 e. The van der Waals surface area contributed by atoms with Crippen LogP contribution in [0.1, 0.15) is 23.3 Å². The number of aromatic nitrogens is 3. The van der Waals surface area contributed by atoms with Crippen molar-refractivity contribution in [3.8, 4) is 11.3 Å². The van der Waals surface area contributed by atoms with E-state index in [9.17, 15) is 9.18 Å². The molecule has 3 heterocycles. The molecule has 0 aliphatic carbocycles. The van der Waals surface area contributed by atoms with Crippen molar-refractivity contribution in [2.75, 3.05) is 18.0 Å². The number of carbonyl (C=O) groups excluding carboxylic acids is 1. The number of hydrogen-bond acceptors (Lipinski definition) is 4. The van der Waals surface area contributed by atoms with Gasteiger partial charge < -0.3 is 10.2 Å². The van der Waals surface area contributed by atoms with Crippen LogP contribution < -0.4 is 10.2 Å². The van der Waals surface area contributed by atoms with E-state index in [-0.39, 0.29) is 17.8 Å². The average Bonchev–Trinajstić information content (AvgIpc) is 3.20. The first kappa shape index (κ1) is 17.2. The second kappa shape index (κ2) is 7.57. The number of aromatic amines is 1. The number of halogens is 1. The molecule has 0 saturated carbocycles. The Morgan fingerprint density at radius 3 is 2.85 bits per heavy atom. The van der Waals surface area contributed by atoms with Gasteiger partial charge in [-0.25, -0.2) is 4.39 Å². The molecule has 0 bridgehead atoms. The number of benzene rings is 1. The highest BCUT2D eigenvalue weighted by Gasteiger charge is 2.24. The number of anilines is 1. The van der Waals surface area contributed by atoms with Crippen LogP contribution in [-0.2, 0) is 0 Å². The molecule has 3 aromatic rings. The van der Waals surface area contributed by atoms with E-state index >= 15 is 0 Å². The van der Waals surface area contributed by atoms with E-state index < -0.39 is 0 Å². The molecule has 0 radical (unpaired) electrons. The van der Waals surface area contributed by atoms with Crippen LogP contribution >= 0.6 is 0 Å². The number of nitrogens with one attached hydrogen (secondary N) is 2. The minimum atomic E-state index is -0.263. The predicted octanol–water partition coefficient (Wildman–Crippen LogP) is 3.01. The number of piperidine rings is 1. The first-order chi connectivity index (χ1) is 13.2. The van der Waals surface area contributed by atoms with Crippen molar-refractivity contribution < 1.29 is 9.18 Å². The Labute approximate surface area is 156 Å². The van der Waals surface area contributed by atoms with E-state index in [1.54, 1.807) is 36.5 Å². The van der Waals surface area contributed by atoms with Crippen molar-refractivity contribution in [2.45, 2.75) is 18.9 Å². The lowest BCUT2D eigenvalue weighted by atomic mass is 10.1. The van der Waals surface area contributed by atoms with Crippen molar-refractivity contribution >= 4 is 11.7 Å². The molecule has 1 aromatic carbocycles. The summed E-state index contributed by atoms with van der Waals surface area (Å²) in [6.45, 7) is 1.57. The van der Waals surface area contributed by atoms with Gasteiger partial charge in [0.15, 0.2) is 5.82 Å². The van der Waals surface area contributed by atoms with Crippen molar-refractivity contribution in [1.29, 1.82) is 0 Å². The Kier molecular flexibility index (Phi) is 4.82. The summed E-state index contributed by atoms with van der Waals surface area (Å²) in [7, 11) is 0. The molecule has 27 heavy (non-hydrogen) atoms. The van der Waals surface area contributed by atoms with Crippen LogP contribution in [0.25, 0.3) is 11.3 Å². The van der Waals surface area contributed by atoms with E-state index in [1.165, 1.54) is 12.1 Å². The standard InChI is InChI=1S/C20H20FN5O/c21-15-8-6-14(7-9-15)18-12-19(25-24-18)26-11-3-4-16(13-26)23-20(27)17-5-1-2-10-22-17/h1-2,5-10,12,16H,3-4,11,13H2,(H,23,27)(H,24,25)/t16-/m0/s1. The third-order valence-electron chi connectivity index (χ3n) is 4.70. The predicted molar refractivity (Wildman–Crippen MR) is 101 cm³/mol. The van der Waals surface area contributed by atoms with Gasteiger partial charge in [-0.15, -0.1) is 0 Å². The normalized spacial score (nSPS) is 16.9. The molecule has 7 heteroatoms. The Morgan fingerprint density at radius 2 is 2.07 bits per heavy atom. The second-order valence-electron chi connectivity index (χ2n) is 6.62. The van der Waals surface area contributed by atoms with Gasteiger partial charge in [0.25, 0.3) is 5.91 Å². The van der Waals surface area contributed by atoms with Gasteiger partial charge in [-0.2, -0.15) is 5.10 Å². The van der Waals surface area contributed by atoms with Gasteiger partial charge in [0, 0.05) is 31.4 Å². The molecule has 138 valence electrons. The molecule has 0 unspecified atom stereocenters. The molecule has 1 aliphatic heterocycles. The summed E-state index contributed by atoms with van der Waals surface area (Å²) in [6.07, 6.45) is 3.50. The van der Waals surface area contributed by atoms with Crippen LogP contribution in [0.3, 0.4) is 0 Å². The number of carbonyl (C=O) groups is 1. The zero-order chi connectivity index (χ0) is 18.6. The fourth-order valence-electron chi connectivity index (χ4n) is 3.31. The third kappa shape index (κ3) is 3.97. The molecule has 0 spiro atoms. The maximum absolute atomic E-state index is 13.1. The fourth-order valence-corrected chi connectivity index (χ4v) is 3.31. The molecule has 2 aromatic heterocycles. The summed E-state index contributed by atoms with van der Waals surface area (Å²) >= 11 is 0. The number of nitrogens with zero attached hydrogens (tertiary/aromatic N) is 3. The van der Waals surface area contributed by atoms with Gasteiger partial charge in [0.2, 0.25) is 0 Å². The van der Waals surface area contributed by atoms with Gasteiger partial charge in [0.1, 0.15) is 11.5 Å². The highest BCUT2D eigenvalue weighted by Crippen LogP contribution is 2.24. The Morgan fingerprint density at radius 1 is 1.22 bits per heavy atom. The van der Waals surface area contributed by atoms with Gasteiger partial charge in [-0.3, -0.25) is 14.9 Å². The highest BCUT2D eigenvalue weighted by molar-refractivity contribution is 5.92. The molecule has 4 rings (SSSR count). The highest BCUT2D eigenvalue weighted by atomic mass is 19.1. The summed E-state index contributed by atoms with van der Waals surface area (Å²) in [5.74, 6) is 0.406. The fraction of sp³-hybridized carbons (Fsp3) is 0.250. The molecule has 1 saturated heterocycles. The topological polar surface area (TPSA) is 73.9 Å². The summed E-state index contributed by atoms with van der Waals surface area (Å²) in [5, 5.41) is 10.5. The van der Waals surface area contributed by atoms with Crippen LogP contribution in [0.2, 0.25) is 0 Å². The molecule has 2 N–H and O–H groups in total. The lowest BCUT2D eigenvalue weighted by Gasteiger charge is -2.33. The number of rotatable bonds is 4. The lowest BCUT2D eigenvalue weighted by molar-refractivity contribution is 0.0928. The monoisotopic (exact) mass is 365 g/mol.